The van der Waals surface area contributed by atoms with Gasteiger partial charge in [0.1, 0.15) is 5.65 Å². The summed E-state index contributed by atoms with van der Waals surface area (Å²) in [5.74, 6) is 0.811. The van der Waals surface area contributed by atoms with Crippen LogP contribution in [0.25, 0.3) is 5.65 Å². The number of imidazole rings is 1. The molecule has 4 rings (SSSR count). The first kappa shape index (κ1) is 20.0. The number of carbonyl (C=O) groups excluding carboxylic acids is 1. The number of hydrogen-bond acceptors (Lipinski definition) is 3. The van der Waals surface area contributed by atoms with E-state index in [1.807, 2.05) is 22.9 Å². The van der Waals surface area contributed by atoms with Gasteiger partial charge in [-0.1, -0.05) is 18.9 Å². The van der Waals surface area contributed by atoms with E-state index in [-0.39, 0.29) is 36.8 Å². The van der Waals surface area contributed by atoms with Crippen LogP contribution < -0.4 is 10.6 Å². The zero-order chi connectivity index (χ0) is 15.8. The van der Waals surface area contributed by atoms with Crippen molar-refractivity contribution in [3.63, 3.8) is 0 Å². The number of rotatable bonds is 3. The highest BCUT2D eigenvalue weighted by atomic mass is 35.5. The predicted octanol–water partition coefficient (Wildman–Crippen LogP) is 3.02. The maximum atomic E-state index is 12.4. The zero-order valence-corrected chi connectivity index (χ0v) is 16.0. The normalized spacial score (nSPS) is 24.9. The average Bonchev–Trinajstić information content (AvgIpc) is 3.17. The molecule has 0 aromatic carbocycles. The third-order valence-electron chi connectivity index (χ3n) is 5.35. The summed E-state index contributed by atoms with van der Waals surface area (Å²) in [6.45, 7) is 2.54. The van der Waals surface area contributed by atoms with E-state index < -0.39 is 0 Å². The van der Waals surface area contributed by atoms with Gasteiger partial charge in [0.2, 0.25) is 5.91 Å². The molecule has 1 amide bonds. The second kappa shape index (κ2) is 8.39. The van der Waals surface area contributed by atoms with Crippen molar-refractivity contribution < 1.29 is 4.79 Å². The fourth-order valence-electron chi connectivity index (χ4n) is 4.11. The van der Waals surface area contributed by atoms with E-state index in [2.05, 4.69) is 28.6 Å². The van der Waals surface area contributed by atoms with E-state index in [0.717, 1.165) is 23.3 Å². The molecule has 1 aliphatic carbocycles. The Morgan fingerprint density at radius 2 is 2.16 bits per heavy atom. The van der Waals surface area contributed by atoms with Gasteiger partial charge >= 0.3 is 0 Å². The SMILES string of the molecule is Cc1cccn2cc(CNC(=O)C3CC4CCCCC4N3)nc12.Cl.Cl. The number of aromatic nitrogens is 2. The van der Waals surface area contributed by atoms with Crippen molar-refractivity contribution in [3.05, 3.63) is 35.8 Å². The number of halogens is 2. The highest BCUT2D eigenvalue weighted by molar-refractivity contribution is 5.85. The average molecular weight is 385 g/mol. The number of amides is 1. The highest BCUT2D eigenvalue weighted by Gasteiger charge is 2.38. The van der Waals surface area contributed by atoms with E-state index in [4.69, 9.17) is 0 Å². The molecule has 2 aliphatic rings. The van der Waals surface area contributed by atoms with Gasteiger partial charge in [0.05, 0.1) is 18.3 Å². The fraction of sp³-hybridized carbons (Fsp3) is 0.556. The highest BCUT2D eigenvalue weighted by Crippen LogP contribution is 2.33. The lowest BCUT2D eigenvalue weighted by Crippen LogP contribution is -2.42. The number of nitrogens with one attached hydrogen (secondary N) is 2. The van der Waals surface area contributed by atoms with Crippen LogP contribution in [0, 0.1) is 12.8 Å². The smallest absolute Gasteiger partial charge is 0.237 e. The maximum Gasteiger partial charge on any atom is 0.237 e. The minimum Gasteiger partial charge on any atom is -0.349 e. The monoisotopic (exact) mass is 384 g/mol. The second-order valence-corrected chi connectivity index (χ2v) is 6.98. The largest absolute Gasteiger partial charge is 0.349 e. The van der Waals surface area contributed by atoms with Crippen LogP contribution in [-0.2, 0) is 11.3 Å². The molecule has 25 heavy (non-hydrogen) atoms. The van der Waals surface area contributed by atoms with Gasteiger partial charge in [-0.2, -0.15) is 0 Å². The Balaban J connectivity index is 0.00000113. The van der Waals surface area contributed by atoms with Gasteiger partial charge in [-0.3, -0.25) is 4.79 Å². The summed E-state index contributed by atoms with van der Waals surface area (Å²) in [5, 5.41) is 6.58. The molecular weight excluding hydrogens is 359 g/mol. The summed E-state index contributed by atoms with van der Waals surface area (Å²) in [5.41, 5.74) is 3.01. The van der Waals surface area contributed by atoms with Crippen LogP contribution in [-0.4, -0.2) is 27.4 Å². The molecule has 0 spiro atoms. The quantitative estimate of drug-likeness (QED) is 0.854. The number of pyridine rings is 1. The Kier molecular flexibility index (Phi) is 6.72. The molecule has 0 bridgehead atoms. The summed E-state index contributed by atoms with van der Waals surface area (Å²) in [6, 6.07) is 4.59. The topological polar surface area (TPSA) is 58.4 Å². The Morgan fingerprint density at radius 1 is 1.36 bits per heavy atom. The Hall–Kier alpha value is -1.30. The molecule has 2 aromatic rings. The van der Waals surface area contributed by atoms with Crippen LogP contribution >= 0.6 is 24.8 Å². The standard InChI is InChI=1S/C18H24N4O.2ClH/c1-12-5-4-8-22-11-14(20-17(12)22)10-19-18(23)16-9-13-6-2-3-7-15(13)21-16;;/h4-5,8,11,13,15-16,21H,2-3,6-7,9-10H2,1H3,(H,19,23);2*1H. The molecule has 2 N–H and O–H groups in total. The first-order valence-corrected chi connectivity index (χ1v) is 8.67. The van der Waals surface area contributed by atoms with Gasteiger partial charge < -0.3 is 15.0 Å². The van der Waals surface area contributed by atoms with Gasteiger partial charge in [0, 0.05) is 18.4 Å². The van der Waals surface area contributed by atoms with Gasteiger partial charge in [0.25, 0.3) is 0 Å². The minimum atomic E-state index is -0.0260. The van der Waals surface area contributed by atoms with Crippen molar-refractivity contribution >= 4 is 36.4 Å². The number of hydrogen-bond donors (Lipinski definition) is 2. The molecule has 2 fully saturated rings. The molecule has 1 saturated carbocycles. The van der Waals surface area contributed by atoms with E-state index in [1.165, 1.54) is 25.7 Å². The predicted molar refractivity (Wildman–Crippen MR) is 104 cm³/mol. The molecule has 3 unspecified atom stereocenters. The van der Waals surface area contributed by atoms with E-state index in [1.54, 1.807) is 0 Å². The molecule has 138 valence electrons. The van der Waals surface area contributed by atoms with E-state index in [9.17, 15) is 4.79 Å². The lowest BCUT2D eigenvalue weighted by atomic mass is 9.85. The molecule has 5 nitrogen and oxygen atoms in total. The molecular formula is C18H26Cl2N4O. The summed E-state index contributed by atoms with van der Waals surface area (Å²) in [6.07, 6.45) is 10.1. The van der Waals surface area contributed by atoms with Crippen LogP contribution in [0.3, 0.4) is 0 Å². The first-order valence-electron chi connectivity index (χ1n) is 8.67. The van der Waals surface area contributed by atoms with Gasteiger partial charge in [-0.15, -0.1) is 24.8 Å². The number of fused-ring (bicyclic) bond motifs is 2. The maximum absolute atomic E-state index is 12.4. The van der Waals surface area contributed by atoms with Crippen LogP contribution in [0.2, 0.25) is 0 Å². The molecule has 3 heterocycles. The van der Waals surface area contributed by atoms with Gasteiger partial charge in [-0.25, -0.2) is 4.98 Å². The molecule has 1 saturated heterocycles. The van der Waals surface area contributed by atoms with Gasteiger partial charge in [0.15, 0.2) is 0 Å². The van der Waals surface area contributed by atoms with Crippen molar-refractivity contribution in [1.82, 2.24) is 20.0 Å². The first-order chi connectivity index (χ1) is 11.2. The Labute approximate surface area is 160 Å². The third-order valence-corrected chi connectivity index (χ3v) is 5.35. The molecule has 0 radical (unpaired) electrons. The molecule has 1 aliphatic heterocycles. The van der Waals surface area contributed by atoms with Gasteiger partial charge in [-0.05, 0) is 43.7 Å². The summed E-state index contributed by atoms with van der Waals surface area (Å²) >= 11 is 0. The summed E-state index contributed by atoms with van der Waals surface area (Å²) < 4.78 is 2.01. The van der Waals surface area contributed by atoms with E-state index in [0.29, 0.717) is 18.5 Å². The zero-order valence-electron chi connectivity index (χ0n) is 14.4. The number of carbonyl (C=O) groups is 1. The van der Waals surface area contributed by atoms with Crippen LogP contribution in [0.1, 0.15) is 43.4 Å². The Morgan fingerprint density at radius 3 is 2.92 bits per heavy atom. The Bertz CT molecular complexity index is 719. The van der Waals surface area contributed by atoms with Crippen molar-refractivity contribution in [1.29, 1.82) is 0 Å². The third kappa shape index (κ3) is 4.10. The fourth-order valence-corrected chi connectivity index (χ4v) is 4.11. The number of nitrogens with zero attached hydrogens (tertiary/aromatic N) is 2. The summed E-state index contributed by atoms with van der Waals surface area (Å²) in [4.78, 5) is 17.0. The molecule has 3 atom stereocenters. The lowest BCUT2D eigenvalue weighted by molar-refractivity contribution is -0.123. The minimum absolute atomic E-state index is 0. The van der Waals surface area contributed by atoms with Crippen molar-refractivity contribution in [2.24, 2.45) is 5.92 Å². The summed E-state index contributed by atoms with van der Waals surface area (Å²) in [7, 11) is 0. The van der Waals surface area contributed by atoms with Crippen LogP contribution in [0.5, 0.6) is 0 Å². The van der Waals surface area contributed by atoms with Crippen molar-refractivity contribution in [3.8, 4) is 0 Å². The lowest BCUT2D eigenvalue weighted by Gasteiger charge is -2.24. The van der Waals surface area contributed by atoms with Crippen molar-refractivity contribution in [2.75, 3.05) is 0 Å². The van der Waals surface area contributed by atoms with Crippen LogP contribution in [0.4, 0.5) is 0 Å². The van der Waals surface area contributed by atoms with Crippen LogP contribution in [0.15, 0.2) is 24.5 Å². The van der Waals surface area contributed by atoms with Crippen molar-refractivity contribution in [2.45, 2.75) is 57.7 Å². The molecule has 7 heteroatoms. The second-order valence-electron chi connectivity index (χ2n) is 6.98. The molecule has 2 aromatic heterocycles. The van der Waals surface area contributed by atoms with E-state index >= 15 is 0 Å². The number of aryl methyl sites for hydroxylation is 1.